The van der Waals surface area contributed by atoms with Gasteiger partial charge in [-0.2, -0.15) is 0 Å². The molecule has 1 aliphatic carbocycles. The van der Waals surface area contributed by atoms with Crippen molar-refractivity contribution in [2.24, 2.45) is 17.8 Å². The molecule has 3 aromatic rings. The lowest BCUT2D eigenvalue weighted by atomic mass is 9.89. The number of nitrogens with zero attached hydrogens (tertiary/aromatic N) is 2. The molecule has 3 N–H and O–H groups in total. The molecule has 1 saturated heterocycles. The molecule has 330 valence electrons. The minimum Gasteiger partial charge on any atom is -0.480 e. The fourth-order valence-corrected chi connectivity index (χ4v) is 9.16. The summed E-state index contributed by atoms with van der Waals surface area (Å²) in [7, 11) is 4.71. The average Bonchev–Trinajstić information content (AvgIpc) is 3.87. The van der Waals surface area contributed by atoms with Gasteiger partial charge in [0.25, 0.3) is 0 Å². The van der Waals surface area contributed by atoms with Crippen LogP contribution in [0.25, 0.3) is 11.1 Å². The van der Waals surface area contributed by atoms with E-state index in [9.17, 15) is 29.1 Å². The number of carboxylic acids is 1. The van der Waals surface area contributed by atoms with Crippen molar-refractivity contribution in [3.63, 3.8) is 0 Å². The SMILES string of the molecule is CC[C@H](C)[C@@H]([C@@H](CC(=O)N1CCCC1[C@H](OC)[C@@H](C)C(=O)NC(Cc1ccccc1)C(=O)O)OC)N(C)C(=O)C(NC(=O)OCC1c2ccccc2-c2ccccc21)C(C)C. The third kappa shape index (κ3) is 11.0. The molecule has 1 heterocycles. The number of fused-ring (bicyclic) bond motifs is 3. The molecule has 13 heteroatoms. The molecule has 0 spiro atoms. The summed E-state index contributed by atoms with van der Waals surface area (Å²) in [5, 5.41) is 15.5. The van der Waals surface area contributed by atoms with E-state index >= 15 is 0 Å². The van der Waals surface area contributed by atoms with Crippen molar-refractivity contribution in [3.05, 3.63) is 95.6 Å². The number of carboxylic acid groups (broad SMARTS) is 1. The molecule has 0 bridgehead atoms. The number of likely N-dealkylation sites (tertiary alicyclic amines) is 1. The lowest BCUT2D eigenvalue weighted by molar-refractivity contribution is -0.147. The molecule has 61 heavy (non-hydrogen) atoms. The van der Waals surface area contributed by atoms with Crippen molar-refractivity contribution >= 4 is 29.8 Å². The highest BCUT2D eigenvalue weighted by Crippen LogP contribution is 2.44. The summed E-state index contributed by atoms with van der Waals surface area (Å²) < 4.78 is 17.7. The van der Waals surface area contributed by atoms with Crippen molar-refractivity contribution in [2.45, 2.75) is 109 Å². The summed E-state index contributed by atoms with van der Waals surface area (Å²) in [6.45, 7) is 9.99. The maximum Gasteiger partial charge on any atom is 0.407 e. The van der Waals surface area contributed by atoms with E-state index in [0.717, 1.165) is 27.8 Å². The fraction of sp³-hybridized carbons (Fsp3) is 0.521. The maximum atomic E-state index is 14.4. The van der Waals surface area contributed by atoms with Gasteiger partial charge < -0.3 is 39.8 Å². The van der Waals surface area contributed by atoms with Crippen LogP contribution in [-0.4, -0.2) is 115 Å². The number of hydrogen-bond acceptors (Lipinski definition) is 8. The first-order valence-electron chi connectivity index (χ1n) is 21.5. The molecule has 2 aliphatic rings. The number of ether oxygens (including phenoxy) is 3. The minimum absolute atomic E-state index is 0.0407. The normalized spacial score (nSPS) is 18.2. The molecule has 1 fully saturated rings. The quantitative estimate of drug-likeness (QED) is 0.119. The Balaban J connectivity index is 1.24. The Hall–Kier alpha value is -5.27. The Morgan fingerprint density at radius 3 is 2.02 bits per heavy atom. The molecule has 0 aromatic heterocycles. The molecule has 3 unspecified atom stereocenters. The van der Waals surface area contributed by atoms with E-state index in [-0.39, 0.29) is 49.0 Å². The summed E-state index contributed by atoms with van der Waals surface area (Å²) in [6.07, 6.45) is -0.0343. The van der Waals surface area contributed by atoms with Crippen LogP contribution in [0.2, 0.25) is 0 Å². The number of rotatable bonds is 20. The number of aliphatic carboxylic acids is 1. The Bertz CT molecular complexity index is 1930. The van der Waals surface area contributed by atoms with Crippen LogP contribution in [0.4, 0.5) is 4.79 Å². The minimum atomic E-state index is -1.14. The highest BCUT2D eigenvalue weighted by atomic mass is 16.5. The van der Waals surface area contributed by atoms with Crippen LogP contribution in [0.15, 0.2) is 78.9 Å². The van der Waals surface area contributed by atoms with Gasteiger partial charge in [0.15, 0.2) is 0 Å². The third-order valence-electron chi connectivity index (χ3n) is 12.7. The standard InChI is InChI=1S/C48H64N4O9/c1-9-30(4)43(51(6)46(55)42(29(2)3)50-48(58)61-28-37-35-22-15-13-20-33(35)34-21-14-16-23-36(34)37)40(59-7)27-41(53)52-25-17-24-39(52)44(60-8)31(5)45(54)49-38(47(56)57)26-32-18-11-10-12-19-32/h10-16,18-23,29-31,37-40,42-44H,9,17,24-28H2,1-8H3,(H,49,54)(H,50,58)(H,56,57)/t30-,31+,38?,39?,40+,42?,43-,44+/m0/s1. The highest BCUT2D eigenvalue weighted by molar-refractivity contribution is 5.87. The fourth-order valence-electron chi connectivity index (χ4n) is 9.16. The number of carbonyl (C=O) groups excluding carboxylic acids is 4. The number of likely N-dealkylation sites (N-methyl/N-ethyl adjacent to an activating group) is 1. The van der Waals surface area contributed by atoms with Gasteiger partial charge in [-0.3, -0.25) is 14.4 Å². The molecular weight excluding hydrogens is 777 g/mol. The van der Waals surface area contributed by atoms with Crippen molar-refractivity contribution in [1.82, 2.24) is 20.4 Å². The highest BCUT2D eigenvalue weighted by Gasteiger charge is 2.43. The van der Waals surface area contributed by atoms with Crippen molar-refractivity contribution < 1.29 is 43.3 Å². The zero-order chi connectivity index (χ0) is 44.4. The van der Waals surface area contributed by atoms with Crippen molar-refractivity contribution in [3.8, 4) is 11.1 Å². The third-order valence-corrected chi connectivity index (χ3v) is 12.7. The second-order valence-corrected chi connectivity index (χ2v) is 16.9. The van der Waals surface area contributed by atoms with Crippen LogP contribution in [-0.2, 0) is 39.8 Å². The van der Waals surface area contributed by atoms with E-state index in [1.807, 2.05) is 82.3 Å². The van der Waals surface area contributed by atoms with Crippen LogP contribution in [0, 0.1) is 17.8 Å². The topological polar surface area (TPSA) is 164 Å². The summed E-state index contributed by atoms with van der Waals surface area (Å²) >= 11 is 0. The molecule has 4 amide bonds. The van der Waals surface area contributed by atoms with Crippen LogP contribution in [0.1, 0.15) is 82.9 Å². The van der Waals surface area contributed by atoms with E-state index < -0.39 is 60.3 Å². The number of benzene rings is 3. The number of alkyl carbamates (subject to hydrolysis) is 1. The average molecular weight is 841 g/mol. The Labute approximate surface area is 360 Å². The zero-order valence-electron chi connectivity index (χ0n) is 36.8. The van der Waals surface area contributed by atoms with Crippen molar-refractivity contribution in [1.29, 1.82) is 0 Å². The summed E-state index contributed by atoms with van der Waals surface area (Å²) in [6, 6.07) is 22.3. The van der Waals surface area contributed by atoms with E-state index in [2.05, 4.69) is 34.9 Å². The van der Waals surface area contributed by atoms with Crippen LogP contribution < -0.4 is 10.6 Å². The van der Waals surface area contributed by atoms with E-state index in [1.165, 1.54) is 14.2 Å². The van der Waals surface area contributed by atoms with Gasteiger partial charge in [-0.1, -0.05) is 120 Å². The second kappa shape index (κ2) is 21.5. The molecular formula is C48H64N4O9. The number of amides is 4. The first-order chi connectivity index (χ1) is 29.2. The van der Waals surface area contributed by atoms with E-state index in [0.29, 0.717) is 25.8 Å². The van der Waals surface area contributed by atoms with E-state index in [1.54, 1.807) is 23.8 Å². The molecule has 0 saturated carbocycles. The molecule has 5 rings (SSSR count). The van der Waals surface area contributed by atoms with Crippen molar-refractivity contribution in [2.75, 3.05) is 34.4 Å². The Morgan fingerprint density at radius 1 is 0.852 bits per heavy atom. The Kier molecular flexibility index (Phi) is 16.5. The largest absolute Gasteiger partial charge is 0.480 e. The number of nitrogens with one attached hydrogen (secondary N) is 2. The van der Waals surface area contributed by atoms with Crippen LogP contribution >= 0.6 is 0 Å². The zero-order valence-corrected chi connectivity index (χ0v) is 36.8. The predicted octanol–water partition coefficient (Wildman–Crippen LogP) is 6.28. The van der Waals surface area contributed by atoms with Crippen LogP contribution in [0.3, 0.4) is 0 Å². The number of methoxy groups -OCH3 is 2. The molecule has 1 aliphatic heterocycles. The predicted molar refractivity (Wildman–Crippen MR) is 233 cm³/mol. The van der Waals surface area contributed by atoms with Gasteiger partial charge in [-0.25, -0.2) is 9.59 Å². The Morgan fingerprint density at radius 2 is 1.46 bits per heavy atom. The van der Waals surface area contributed by atoms with Gasteiger partial charge in [-0.05, 0) is 52.5 Å². The van der Waals surface area contributed by atoms with Gasteiger partial charge >= 0.3 is 12.1 Å². The van der Waals surface area contributed by atoms with Gasteiger partial charge in [0.2, 0.25) is 17.7 Å². The van der Waals surface area contributed by atoms with Gasteiger partial charge in [0.05, 0.1) is 36.6 Å². The summed E-state index contributed by atoms with van der Waals surface area (Å²) in [5.41, 5.74) is 5.19. The maximum absolute atomic E-state index is 14.4. The number of carbonyl (C=O) groups is 5. The van der Waals surface area contributed by atoms with Crippen LogP contribution in [0.5, 0.6) is 0 Å². The van der Waals surface area contributed by atoms with E-state index in [4.69, 9.17) is 14.2 Å². The monoisotopic (exact) mass is 840 g/mol. The first-order valence-corrected chi connectivity index (χ1v) is 21.5. The van der Waals surface area contributed by atoms with Gasteiger partial charge in [0, 0.05) is 40.2 Å². The lowest BCUT2D eigenvalue weighted by Crippen LogP contribution is -2.58. The van der Waals surface area contributed by atoms with Gasteiger partial charge in [0.1, 0.15) is 18.7 Å². The molecule has 3 aromatic carbocycles. The summed E-state index contributed by atoms with van der Waals surface area (Å²) in [5.74, 6) is -3.43. The smallest absolute Gasteiger partial charge is 0.407 e. The molecule has 8 atom stereocenters. The molecule has 13 nitrogen and oxygen atoms in total. The number of hydrogen-bond donors (Lipinski definition) is 3. The molecule has 0 radical (unpaired) electrons. The summed E-state index contributed by atoms with van der Waals surface area (Å²) in [4.78, 5) is 71.1. The second-order valence-electron chi connectivity index (χ2n) is 16.9. The lowest BCUT2D eigenvalue weighted by Gasteiger charge is -2.40. The first kappa shape index (κ1) is 46.8. The van der Waals surface area contributed by atoms with Gasteiger partial charge in [-0.15, -0.1) is 0 Å².